The summed E-state index contributed by atoms with van der Waals surface area (Å²) < 4.78 is 51.4. The Morgan fingerprint density at radius 1 is 0.742 bits per heavy atom. The molecule has 0 saturated heterocycles. The van der Waals surface area contributed by atoms with Gasteiger partial charge in [-0.25, -0.2) is 16.8 Å². The molecular formula is C23H24ClNO4S2. The summed E-state index contributed by atoms with van der Waals surface area (Å²) in [4.78, 5) is 0.419. The van der Waals surface area contributed by atoms with E-state index in [-0.39, 0.29) is 15.7 Å². The molecule has 0 spiro atoms. The Morgan fingerprint density at radius 3 is 1.61 bits per heavy atom. The van der Waals surface area contributed by atoms with Crippen molar-refractivity contribution in [3.8, 4) is 11.1 Å². The Bertz CT molecular complexity index is 1250. The van der Waals surface area contributed by atoms with Gasteiger partial charge in [-0.05, 0) is 65.6 Å². The Balaban J connectivity index is 1.94. The molecule has 0 amide bonds. The second-order valence-corrected chi connectivity index (χ2v) is 12.0. The molecule has 5 nitrogen and oxygen atoms in total. The third kappa shape index (κ3) is 5.47. The van der Waals surface area contributed by atoms with Crippen LogP contribution in [0.15, 0.2) is 82.6 Å². The van der Waals surface area contributed by atoms with Crippen LogP contribution in [-0.2, 0) is 19.9 Å². The van der Waals surface area contributed by atoms with Gasteiger partial charge in [-0.2, -0.15) is 0 Å². The molecular weight excluding hydrogens is 454 g/mol. The second-order valence-electron chi connectivity index (χ2n) is 7.73. The lowest BCUT2D eigenvalue weighted by molar-refractivity contribution is 0.578. The fraction of sp³-hybridized carbons (Fsp3) is 0.217. The average molecular weight is 478 g/mol. The van der Waals surface area contributed by atoms with Crippen LogP contribution in [0.1, 0.15) is 13.8 Å². The summed E-state index contributed by atoms with van der Waals surface area (Å²) >= 11 is 5.96. The minimum atomic E-state index is -3.78. The molecule has 31 heavy (non-hydrogen) atoms. The molecule has 0 N–H and O–H groups in total. The first-order valence-corrected chi connectivity index (χ1v) is 13.4. The van der Waals surface area contributed by atoms with Crippen molar-refractivity contribution in [2.24, 2.45) is 5.92 Å². The van der Waals surface area contributed by atoms with Gasteiger partial charge < -0.3 is 0 Å². The van der Waals surface area contributed by atoms with E-state index in [0.29, 0.717) is 17.3 Å². The van der Waals surface area contributed by atoms with E-state index in [2.05, 4.69) is 0 Å². The van der Waals surface area contributed by atoms with E-state index in [1.807, 2.05) is 13.8 Å². The molecule has 0 saturated carbocycles. The van der Waals surface area contributed by atoms with Crippen molar-refractivity contribution in [2.75, 3.05) is 17.1 Å². The minimum Gasteiger partial charge on any atom is -0.266 e. The monoisotopic (exact) mass is 477 g/mol. The molecule has 0 radical (unpaired) electrons. The first-order valence-electron chi connectivity index (χ1n) is 9.67. The summed E-state index contributed by atoms with van der Waals surface area (Å²) in [6.07, 6.45) is 1.16. The van der Waals surface area contributed by atoms with Crippen molar-refractivity contribution >= 4 is 37.1 Å². The van der Waals surface area contributed by atoms with Crippen molar-refractivity contribution in [3.05, 3.63) is 77.8 Å². The summed E-state index contributed by atoms with van der Waals surface area (Å²) in [5, 5.41) is 0.539. The fourth-order valence-corrected chi connectivity index (χ4v) is 5.51. The molecule has 0 aliphatic heterocycles. The summed E-state index contributed by atoms with van der Waals surface area (Å²) in [5.74, 6) is 0.123. The van der Waals surface area contributed by atoms with E-state index >= 15 is 0 Å². The maximum absolute atomic E-state index is 13.4. The van der Waals surface area contributed by atoms with Crippen LogP contribution in [0.4, 0.5) is 5.69 Å². The molecule has 0 heterocycles. The highest BCUT2D eigenvalue weighted by molar-refractivity contribution is 7.92. The number of halogens is 1. The number of rotatable bonds is 7. The van der Waals surface area contributed by atoms with Crippen molar-refractivity contribution in [3.63, 3.8) is 0 Å². The minimum absolute atomic E-state index is 0.123. The summed E-state index contributed by atoms with van der Waals surface area (Å²) in [7, 11) is -7.05. The van der Waals surface area contributed by atoms with Crippen LogP contribution >= 0.6 is 11.6 Å². The number of benzene rings is 3. The maximum Gasteiger partial charge on any atom is 0.264 e. The highest BCUT2D eigenvalue weighted by Crippen LogP contribution is 2.28. The molecule has 8 heteroatoms. The van der Waals surface area contributed by atoms with E-state index < -0.39 is 19.9 Å². The number of hydrogen-bond acceptors (Lipinski definition) is 4. The van der Waals surface area contributed by atoms with Gasteiger partial charge in [0, 0.05) is 17.8 Å². The van der Waals surface area contributed by atoms with Gasteiger partial charge in [0.1, 0.15) is 0 Å². The van der Waals surface area contributed by atoms with Crippen LogP contribution in [0.5, 0.6) is 0 Å². The molecule has 3 aromatic rings. The molecule has 0 aliphatic carbocycles. The van der Waals surface area contributed by atoms with Crippen molar-refractivity contribution in [1.82, 2.24) is 0 Å². The van der Waals surface area contributed by atoms with Crippen molar-refractivity contribution in [1.29, 1.82) is 0 Å². The molecule has 0 fully saturated rings. The van der Waals surface area contributed by atoms with Crippen molar-refractivity contribution in [2.45, 2.75) is 23.6 Å². The highest BCUT2D eigenvalue weighted by atomic mass is 35.5. The van der Waals surface area contributed by atoms with Crippen LogP contribution in [0.3, 0.4) is 0 Å². The smallest absolute Gasteiger partial charge is 0.264 e. The van der Waals surface area contributed by atoms with E-state index in [4.69, 9.17) is 11.6 Å². The Morgan fingerprint density at radius 2 is 1.19 bits per heavy atom. The normalized spacial score (nSPS) is 12.2. The molecule has 3 aromatic carbocycles. The Labute approximate surface area is 189 Å². The molecule has 0 aromatic heterocycles. The fourth-order valence-electron chi connectivity index (χ4n) is 3.12. The van der Waals surface area contributed by atoms with Crippen LogP contribution in [0, 0.1) is 5.92 Å². The van der Waals surface area contributed by atoms with Crippen LogP contribution in [0.25, 0.3) is 11.1 Å². The van der Waals surface area contributed by atoms with Gasteiger partial charge in [-0.15, -0.1) is 0 Å². The zero-order valence-electron chi connectivity index (χ0n) is 17.5. The Kier molecular flexibility index (Phi) is 6.79. The number of hydrogen-bond donors (Lipinski definition) is 0. The Hall–Kier alpha value is -2.35. The highest BCUT2D eigenvalue weighted by Gasteiger charge is 2.25. The second kappa shape index (κ2) is 9.02. The molecule has 0 atom stereocenters. The van der Waals surface area contributed by atoms with E-state index in [0.717, 1.165) is 17.4 Å². The third-order valence-corrected chi connectivity index (χ3v) is 7.89. The van der Waals surface area contributed by atoms with Crippen LogP contribution in [-0.4, -0.2) is 29.6 Å². The largest absolute Gasteiger partial charge is 0.266 e. The third-order valence-electron chi connectivity index (χ3n) is 4.70. The topological polar surface area (TPSA) is 71.5 Å². The summed E-state index contributed by atoms with van der Waals surface area (Å²) in [6, 6.07) is 19.8. The zero-order chi connectivity index (χ0) is 22.8. The first kappa shape index (κ1) is 23.3. The standard InChI is InChI=1S/C23H24ClNO4S2/c1-17(2)16-25(21-10-8-20(24)9-11-21)31(28,29)23-14-6-19(7-15-23)18-4-12-22(13-5-18)30(3,26)27/h4-15,17H,16H2,1-3H3. The lowest BCUT2D eigenvalue weighted by Crippen LogP contribution is -2.34. The summed E-state index contributed by atoms with van der Waals surface area (Å²) in [6.45, 7) is 4.25. The molecule has 0 bridgehead atoms. The SMILES string of the molecule is CC(C)CN(c1ccc(Cl)cc1)S(=O)(=O)c1ccc(-c2ccc(S(C)(=O)=O)cc2)cc1. The quantitative estimate of drug-likeness (QED) is 0.465. The molecule has 0 unspecified atom stereocenters. The van der Waals surface area contributed by atoms with Gasteiger partial charge in [0.15, 0.2) is 9.84 Å². The molecule has 164 valence electrons. The number of anilines is 1. The van der Waals surface area contributed by atoms with E-state index in [1.54, 1.807) is 72.8 Å². The predicted molar refractivity (Wildman–Crippen MR) is 126 cm³/mol. The summed E-state index contributed by atoms with van der Waals surface area (Å²) in [5.41, 5.74) is 2.15. The van der Waals surface area contributed by atoms with Crippen LogP contribution in [0.2, 0.25) is 5.02 Å². The van der Waals surface area contributed by atoms with Crippen molar-refractivity contribution < 1.29 is 16.8 Å². The predicted octanol–water partition coefficient (Wildman–Crippen LogP) is 5.26. The lowest BCUT2D eigenvalue weighted by Gasteiger charge is -2.26. The average Bonchev–Trinajstić information content (AvgIpc) is 2.72. The molecule has 3 rings (SSSR count). The maximum atomic E-state index is 13.4. The van der Waals surface area contributed by atoms with E-state index in [9.17, 15) is 16.8 Å². The van der Waals surface area contributed by atoms with Gasteiger partial charge in [-0.3, -0.25) is 4.31 Å². The van der Waals surface area contributed by atoms with Gasteiger partial charge in [0.05, 0.1) is 15.5 Å². The first-order chi connectivity index (χ1) is 14.5. The number of nitrogens with zero attached hydrogens (tertiary/aromatic N) is 1. The van der Waals surface area contributed by atoms with Crippen LogP contribution < -0.4 is 4.31 Å². The van der Waals surface area contributed by atoms with Gasteiger partial charge in [-0.1, -0.05) is 49.7 Å². The van der Waals surface area contributed by atoms with Gasteiger partial charge >= 0.3 is 0 Å². The van der Waals surface area contributed by atoms with Gasteiger partial charge in [0.25, 0.3) is 10.0 Å². The number of sulfonamides is 1. The van der Waals surface area contributed by atoms with E-state index in [1.165, 1.54) is 4.31 Å². The zero-order valence-corrected chi connectivity index (χ0v) is 19.9. The lowest BCUT2D eigenvalue weighted by atomic mass is 10.1. The molecule has 0 aliphatic rings. The number of sulfone groups is 1. The van der Waals surface area contributed by atoms with Gasteiger partial charge in [0.2, 0.25) is 0 Å².